The standard InChI is InChI=1S/C17H24N2O2S/c1-12(2)19(11-13(3)20)17(21)10-6-9-16-18-14-7-4-5-8-15(14)22-16/h4-5,7-8,12-13,20H,6,9-11H2,1-3H3. The van der Waals surface area contributed by atoms with Gasteiger partial charge in [-0.05, 0) is 45.7 Å². The van der Waals surface area contributed by atoms with Crippen LogP contribution in [0.25, 0.3) is 10.2 Å². The van der Waals surface area contributed by atoms with Gasteiger partial charge in [-0.15, -0.1) is 11.3 Å². The third-order valence-electron chi connectivity index (χ3n) is 3.52. The first-order valence-electron chi connectivity index (χ1n) is 7.79. The van der Waals surface area contributed by atoms with Crippen LogP contribution in [0.3, 0.4) is 0 Å². The largest absolute Gasteiger partial charge is 0.392 e. The summed E-state index contributed by atoms with van der Waals surface area (Å²) in [7, 11) is 0. The molecule has 0 bridgehead atoms. The highest BCUT2D eigenvalue weighted by Crippen LogP contribution is 2.22. The molecular formula is C17H24N2O2S. The zero-order valence-electron chi connectivity index (χ0n) is 13.5. The number of rotatable bonds is 7. The maximum Gasteiger partial charge on any atom is 0.222 e. The predicted octanol–water partition coefficient (Wildman–Crippen LogP) is 3.24. The number of aromatic nitrogens is 1. The average molecular weight is 320 g/mol. The van der Waals surface area contributed by atoms with E-state index in [1.54, 1.807) is 23.2 Å². The summed E-state index contributed by atoms with van der Waals surface area (Å²) in [6.45, 7) is 6.07. The number of hydrogen-bond donors (Lipinski definition) is 1. The van der Waals surface area contributed by atoms with Crippen molar-refractivity contribution < 1.29 is 9.90 Å². The van der Waals surface area contributed by atoms with E-state index in [9.17, 15) is 9.90 Å². The van der Waals surface area contributed by atoms with E-state index in [0.29, 0.717) is 13.0 Å². The quantitative estimate of drug-likeness (QED) is 0.852. The van der Waals surface area contributed by atoms with E-state index in [2.05, 4.69) is 11.1 Å². The molecule has 1 unspecified atom stereocenters. The van der Waals surface area contributed by atoms with E-state index in [0.717, 1.165) is 23.4 Å². The van der Waals surface area contributed by atoms with Crippen LogP contribution in [0, 0.1) is 0 Å². The molecule has 5 heteroatoms. The smallest absolute Gasteiger partial charge is 0.222 e. The predicted molar refractivity (Wildman–Crippen MR) is 91.1 cm³/mol. The highest BCUT2D eigenvalue weighted by Gasteiger charge is 2.18. The number of hydrogen-bond acceptors (Lipinski definition) is 4. The molecule has 22 heavy (non-hydrogen) atoms. The van der Waals surface area contributed by atoms with E-state index in [1.807, 2.05) is 32.0 Å². The van der Waals surface area contributed by atoms with Crippen molar-refractivity contribution in [1.29, 1.82) is 0 Å². The number of amides is 1. The summed E-state index contributed by atoms with van der Waals surface area (Å²) in [5, 5.41) is 10.6. The van der Waals surface area contributed by atoms with Crippen molar-refractivity contribution in [2.45, 2.75) is 52.2 Å². The maximum atomic E-state index is 12.3. The molecule has 0 radical (unpaired) electrons. The Hall–Kier alpha value is -1.46. The molecule has 0 aliphatic rings. The minimum Gasteiger partial charge on any atom is -0.392 e. The van der Waals surface area contributed by atoms with Gasteiger partial charge in [0, 0.05) is 19.0 Å². The zero-order chi connectivity index (χ0) is 16.1. The summed E-state index contributed by atoms with van der Waals surface area (Å²) in [4.78, 5) is 18.6. The van der Waals surface area contributed by atoms with E-state index in [4.69, 9.17) is 0 Å². The maximum absolute atomic E-state index is 12.3. The molecule has 1 aromatic heterocycles. The van der Waals surface area contributed by atoms with Crippen LogP contribution in [-0.4, -0.2) is 39.6 Å². The Morgan fingerprint density at radius 3 is 2.68 bits per heavy atom. The number of aliphatic hydroxyl groups excluding tert-OH is 1. The van der Waals surface area contributed by atoms with Crippen LogP contribution in [0.4, 0.5) is 0 Å². The fourth-order valence-corrected chi connectivity index (χ4v) is 3.46. The number of aryl methyl sites for hydroxylation is 1. The van der Waals surface area contributed by atoms with Gasteiger partial charge in [-0.25, -0.2) is 4.98 Å². The fourth-order valence-electron chi connectivity index (χ4n) is 2.45. The molecule has 120 valence electrons. The molecule has 1 N–H and O–H groups in total. The molecule has 0 spiro atoms. The van der Waals surface area contributed by atoms with Crippen molar-refractivity contribution in [3.05, 3.63) is 29.3 Å². The van der Waals surface area contributed by atoms with Crippen LogP contribution in [0.1, 0.15) is 38.6 Å². The fraction of sp³-hybridized carbons (Fsp3) is 0.529. The molecule has 1 aromatic carbocycles. The van der Waals surface area contributed by atoms with Crippen molar-refractivity contribution in [3.8, 4) is 0 Å². The summed E-state index contributed by atoms with van der Waals surface area (Å²) in [6, 6.07) is 8.22. The summed E-state index contributed by atoms with van der Waals surface area (Å²) >= 11 is 1.70. The van der Waals surface area contributed by atoms with Crippen LogP contribution < -0.4 is 0 Å². The summed E-state index contributed by atoms with van der Waals surface area (Å²) in [5.74, 6) is 0.108. The molecule has 1 atom stereocenters. The van der Waals surface area contributed by atoms with E-state index >= 15 is 0 Å². The highest BCUT2D eigenvalue weighted by atomic mass is 32.1. The summed E-state index contributed by atoms with van der Waals surface area (Å²) in [6.07, 6.45) is 1.63. The lowest BCUT2D eigenvalue weighted by Gasteiger charge is -2.28. The lowest BCUT2D eigenvalue weighted by atomic mass is 10.2. The minimum absolute atomic E-state index is 0.108. The molecule has 2 rings (SSSR count). The third kappa shape index (κ3) is 4.52. The molecule has 4 nitrogen and oxygen atoms in total. The van der Waals surface area contributed by atoms with Crippen molar-refractivity contribution in [1.82, 2.24) is 9.88 Å². The van der Waals surface area contributed by atoms with Gasteiger partial charge in [0.25, 0.3) is 0 Å². The number of thiazole rings is 1. The van der Waals surface area contributed by atoms with Gasteiger partial charge in [0.1, 0.15) is 0 Å². The number of fused-ring (bicyclic) bond motifs is 1. The number of nitrogens with zero attached hydrogens (tertiary/aromatic N) is 2. The number of aliphatic hydroxyl groups is 1. The number of benzene rings is 1. The topological polar surface area (TPSA) is 53.4 Å². The van der Waals surface area contributed by atoms with Crippen LogP contribution >= 0.6 is 11.3 Å². The Bertz CT molecular complexity index is 589. The Morgan fingerprint density at radius 1 is 1.32 bits per heavy atom. The van der Waals surface area contributed by atoms with E-state index < -0.39 is 6.10 Å². The molecular weight excluding hydrogens is 296 g/mol. The Balaban J connectivity index is 1.87. The SMILES string of the molecule is CC(O)CN(C(=O)CCCc1nc2ccccc2s1)C(C)C. The van der Waals surface area contributed by atoms with Gasteiger partial charge >= 0.3 is 0 Å². The van der Waals surface area contributed by atoms with Gasteiger partial charge in [-0.1, -0.05) is 12.1 Å². The second kappa shape index (κ2) is 7.70. The highest BCUT2D eigenvalue weighted by molar-refractivity contribution is 7.18. The number of para-hydroxylation sites is 1. The molecule has 0 aliphatic heterocycles. The number of carbonyl (C=O) groups is 1. The first-order chi connectivity index (χ1) is 10.5. The van der Waals surface area contributed by atoms with Gasteiger partial charge in [0.2, 0.25) is 5.91 Å². The lowest BCUT2D eigenvalue weighted by Crippen LogP contribution is -2.41. The van der Waals surface area contributed by atoms with Crippen molar-refractivity contribution >= 4 is 27.5 Å². The summed E-state index contributed by atoms with van der Waals surface area (Å²) < 4.78 is 1.20. The lowest BCUT2D eigenvalue weighted by molar-refractivity contribution is -0.134. The van der Waals surface area contributed by atoms with Gasteiger partial charge in [-0.3, -0.25) is 4.79 Å². The van der Waals surface area contributed by atoms with Crippen LogP contribution in [0.2, 0.25) is 0 Å². The van der Waals surface area contributed by atoms with Gasteiger partial charge in [0.05, 0.1) is 21.3 Å². The summed E-state index contributed by atoms with van der Waals surface area (Å²) in [5.41, 5.74) is 1.03. The molecule has 1 amide bonds. The zero-order valence-corrected chi connectivity index (χ0v) is 14.3. The van der Waals surface area contributed by atoms with Crippen LogP contribution in [0.15, 0.2) is 24.3 Å². The molecule has 2 aromatic rings. The Labute approximate surface area is 135 Å². The van der Waals surface area contributed by atoms with Crippen LogP contribution in [-0.2, 0) is 11.2 Å². The second-order valence-corrected chi connectivity index (χ2v) is 7.03. The van der Waals surface area contributed by atoms with E-state index in [1.165, 1.54) is 4.70 Å². The number of carbonyl (C=O) groups excluding carboxylic acids is 1. The van der Waals surface area contributed by atoms with Gasteiger partial charge in [0.15, 0.2) is 0 Å². The van der Waals surface area contributed by atoms with Gasteiger partial charge < -0.3 is 10.0 Å². The normalized spacial score (nSPS) is 12.8. The van der Waals surface area contributed by atoms with Crippen LogP contribution in [0.5, 0.6) is 0 Å². The van der Waals surface area contributed by atoms with Crippen molar-refractivity contribution in [2.75, 3.05) is 6.54 Å². The van der Waals surface area contributed by atoms with Crippen molar-refractivity contribution in [2.24, 2.45) is 0 Å². The first-order valence-corrected chi connectivity index (χ1v) is 8.61. The molecule has 1 heterocycles. The van der Waals surface area contributed by atoms with Gasteiger partial charge in [-0.2, -0.15) is 0 Å². The Morgan fingerprint density at radius 2 is 2.05 bits per heavy atom. The Kier molecular flexibility index (Phi) is 5.91. The molecule has 0 saturated heterocycles. The van der Waals surface area contributed by atoms with Crippen molar-refractivity contribution in [3.63, 3.8) is 0 Å². The second-order valence-electron chi connectivity index (χ2n) is 5.92. The first kappa shape index (κ1) is 16.9. The third-order valence-corrected chi connectivity index (χ3v) is 4.62. The monoisotopic (exact) mass is 320 g/mol. The average Bonchev–Trinajstić information content (AvgIpc) is 2.86. The molecule has 0 saturated carbocycles. The van der Waals surface area contributed by atoms with E-state index in [-0.39, 0.29) is 11.9 Å². The molecule has 0 fully saturated rings. The minimum atomic E-state index is -0.490. The molecule has 0 aliphatic carbocycles.